The highest BCUT2D eigenvalue weighted by Gasteiger charge is 2.54. The Bertz CT molecular complexity index is 1720. The second-order valence-corrected chi connectivity index (χ2v) is 14.7. The van der Waals surface area contributed by atoms with Crippen molar-refractivity contribution >= 4 is 95.6 Å². The summed E-state index contributed by atoms with van der Waals surface area (Å²) in [5, 5.41) is 21.6. The van der Waals surface area contributed by atoms with Crippen LogP contribution in [0.25, 0.3) is 9.40 Å². The second-order valence-electron chi connectivity index (χ2n) is 9.53. The molecule has 4 N–H and O–H groups in total. The number of carboxylic acid groups (broad SMARTS) is 1. The summed E-state index contributed by atoms with van der Waals surface area (Å²) in [6, 6.07) is 2.52. The Balaban J connectivity index is 1.17. The summed E-state index contributed by atoms with van der Waals surface area (Å²) < 4.78 is 2.40. The van der Waals surface area contributed by atoms with E-state index in [0.717, 1.165) is 45.9 Å². The minimum Gasteiger partial charge on any atom is -0.477 e. The van der Waals surface area contributed by atoms with Gasteiger partial charge in [-0.05, 0) is 54.2 Å². The molecule has 2 atom stereocenters. The molecule has 1 saturated carbocycles. The fourth-order valence-electron chi connectivity index (χ4n) is 4.81. The average Bonchev–Trinajstić information content (AvgIpc) is 3.74. The average molecular weight is 662 g/mol. The van der Waals surface area contributed by atoms with E-state index in [1.807, 2.05) is 11.4 Å². The molecule has 0 spiro atoms. The summed E-state index contributed by atoms with van der Waals surface area (Å²) >= 11 is 6.70. The molecule has 218 valence electrons. The first-order chi connectivity index (χ1) is 20.3. The summed E-state index contributed by atoms with van der Waals surface area (Å²) in [6.45, 7) is 0. The van der Waals surface area contributed by atoms with Crippen LogP contribution in [-0.4, -0.2) is 61.8 Å². The van der Waals surface area contributed by atoms with Crippen molar-refractivity contribution in [1.82, 2.24) is 15.2 Å². The molecule has 16 heteroatoms. The number of thiazole rings is 1. The molecule has 1 unspecified atom stereocenters. The van der Waals surface area contributed by atoms with E-state index in [9.17, 15) is 24.3 Å². The lowest BCUT2D eigenvalue weighted by atomic mass is 10.0. The Hall–Kier alpha value is -3.18. The predicted molar refractivity (Wildman–Crippen MR) is 167 cm³/mol. The van der Waals surface area contributed by atoms with Crippen molar-refractivity contribution in [3.05, 3.63) is 61.6 Å². The fourth-order valence-corrected chi connectivity index (χ4v) is 9.62. The van der Waals surface area contributed by atoms with Crippen LogP contribution in [-0.2, 0) is 19.2 Å². The first-order valence-corrected chi connectivity index (χ1v) is 17.3. The van der Waals surface area contributed by atoms with Crippen molar-refractivity contribution in [3.8, 4) is 0 Å². The molecule has 0 aromatic carbocycles. The van der Waals surface area contributed by atoms with Crippen molar-refractivity contribution in [2.75, 3.05) is 11.5 Å². The number of anilines is 1. The summed E-state index contributed by atoms with van der Waals surface area (Å²) in [5.41, 5.74) is 6.21. The van der Waals surface area contributed by atoms with E-state index < -0.39 is 29.2 Å². The van der Waals surface area contributed by atoms with Crippen molar-refractivity contribution in [1.29, 1.82) is 0 Å². The zero-order valence-corrected chi connectivity index (χ0v) is 25.8. The number of fused-ring (bicyclic) bond motifs is 2. The molecule has 1 aliphatic carbocycles. The van der Waals surface area contributed by atoms with E-state index >= 15 is 0 Å². The number of allylic oxidation sites excluding steroid dienone is 1. The number of nitrogen functional groups attached to an aromatic ring is 1. The lowest BCUT2D eigenvalue weighted by Gasteiger charge is -2.49. The molecule has 3 aromatic rings. The molecule has 2 fully saturated rings. The largest absolute Gasteiger partial charge is 0.477 e. The molecule has 6 rings (SSSR count). The standard InChI is InChI=1S/C26H23N5O6S5/c27-26-28-14(11-41-26)18(30-37-13-3-1-2-4-13)22(33)29-19-23(34)31-20(25(35)36)12(10-40-24(19)31)5-7-38-17-9-15(32)21-16(42-17)6-8-39-21/h5-9,11,13,19,24H,1-4,10H2,(H2,27,28)(H,29,33)(H,35,36)/t19?,24-/m1/s1. The molecular weight excluding hydrogens is 639 g/mol. The number of aliphatic carboxylic acids is 1. The molecule has 42 heavy (non-hydrogen) atoms. The van der Waals surface area contributed by atoms with Crippen molar-refractivity contribution in [2.45, 2.75) is 47.4 Å². The number of carboxylic acids is 1. The van der Waals surface area contributed by atoms with Gasteiger partial charge in [0, 0.05) is 17.2 Å². The van der Waals surface area contributed by atoms with Crippen LogP contribution in [0, 0.1) is 0 Å². The lowest BCUT2D eigenvalue weighted by molar-refractivity contribution is -0.150. The van der Waals surface area contributed by atoms with E-state index in [1.54, 1.807) is 22.9 Å². The zero-order valence-electron chi connectivity index (χ0n) is 21.7. The SMILES string of the molecule is Nc1nc(C(=NOC2CCCC2)C(=O)NC2C(=O)N3C(C(=O)O)=C(C=CSc4cc(=O)c5sccc5s4)CS[C@H]23)cs1. The van der Waals surface area contributed by atoms with Crippen LogP contribution >= 0.6 is 57.5 Å². The molecule has 3 aromatic heterocycles. The maximum atomic E-state index is 13.3. The zero-order chi connectivity index (χ0) is 29.4. The normalized spacial score (nSPS) is 21.2. The number of carbonyl (C=O) groups excluding carboxylic acids is 2. The van der Waals surface area contributed by atoms with E-state index in [-0.39, 0.29) is 33.8 Å². The van der Waals surface area contributed by atoms with E-state index in [4.69, 9.17) is 10.6 Å². The quantitative estimate of drug-likeness (QED) is 0.132. The number of nitrogens with zero attached hydrogens (tertiary/aromatic N) is 3. The maximum Gasteiger partial charge on any atom is 0.352 e. The summed E-state index contributed by atoms with van der Waals surface area (Å²) in [6.07, 6.45) is 5.31. The molecule has 0 bridgehead atoms. The molecular formula is C26H23N5O6S5. The Morgan fingerprint density at radius 1 is 1.26 bits per heavy atom. The summed E-state index contributed by atoms with van der Waals surface area (Å²) in [4.78, 5) is 62.0. The van der Waals surface area contributed by atoms with Gasteiger partial charge < -0.3 is 21.0 Å². The Kier molecular flexibility index (Phi) is 8.40. The first-order valence-electron chi connectivity index (χ1n) is 12.8. The maximum absolute atomic E-state index is 13.3. The topological polar surface area (TPSA) is 164 Å². The Labute approximate surface area is 259 Å². The molecule has 1 saturated heterocycles. The number of amides is 2. The number of carbonyl (C=O) groups is 3. The van der Waals surface area contributed by atoms with Gasteiger partial charge >= 0.3 is 5.97 Å². The molecule has 0 radical (unpaired) electrons. The lowest BCUT2D eigenvalue weighted by Crippen LogP contribution is -2.71. The van der Waals surface area contributed by atoms with Gasteiger partial charge in [0.2, 0.25) is 0 Å². The van der Waals surface area contributed by atoms with Crippen LogP contribution in [0.5, 0.6) is 0 Å². The van der Waals surface area contributed by atoms with Gasteiger partial charge in [-0.1, -0.05) is 16.9 Å². The number of nitrogens with two attached hydrogens (primary N) is 1. The van der Waals surface area contributed by atoms with Crippen molar-refractivity contribution in [3.63, 3.8) is 0 Å². The third-order valence-electron chi connectivity index (χ3n) is 6.83. The van der Waals surface area contributed by atoms with Crippen LogP contribution in [0.3, 0.4) is 0 Å². The number of thiophene rings is 1. The van der Waals surface area contributed by atoms with Crippen LogP contribution in [0.1, 0.15) is 31.4 Å². The molecule has 2 aliphatic heterocycles. The number of nitrogens with one attached hydrogen (secondary N) is 1. The van der Waals surface area contributed by atoms with Crippen LogP contribution in [0.4, 0.5) is 5.13 Å². The molecule has 2 amide bonds. The fraction of sp³-hybridized carbons (Fsp3) is 0.308. The predicted octanol–water partition coefficient (Wildman–Crippen LogP) is 4.07. The van der Waals surface area contributed by atoms with Gasteiger partial charge in [0.05, 0.1) is 13.6 Å². The third-order valence-corrected chi connectivity index (χ3v) is 11.9. The van der Waals surface area contributed by atoms with Crippen molar-refractivity contribution < 1.29 is 24.3 Å². The summed E-state index contributed by atoms with van der Waals surface area (Å²) in [7, 11) is 0. The van der Waals surface area contributed by atoms with Gasteiger partial charge in [-0.15, -0.1) is 45.8 Å². The van der Waals surface area contributed by atoms with E-state index in [2.05, 4.69) is 15.5 Å². The van der Waals surface area contributed by atoms with Gasteiger partial charge in [-0.25, -0.2) is 9.78 Å². The third kappa shape index (κ3) is 5.73. The van der Waals surface area contributed by atoms with Gasteiger partial charge in [-0.2, -0.15) is 0 Å². The monoisotopic (exact) mass is 661 g/mol. The Morgan fingerprint density at radius 3 is 2.81 bits per heavy atom. The number of rotatable bonds is 9. The van der Waals surface area contributed by atoms with E-state index in [1.165, 1.54) is 51.1 Å². The molecule has 11 nitrogen and oxygen atoms in total. The number of hydrogen-bond donors (Lipinski definition) is 3. The van der Waals surface area contributed by atoms with Gasteiger partial charge in [-0.3, -0.25) is 19.3 Å². The smallest absolute Gasteiger partial charge is 0.352 e. The number of hydrogen-bond acceptors (Lipinski definition) is 13. The van der Waals surface area contributed by atoms with Crippen LogP contribution < -0.4 is 16.5 Å². The highest BCUT2D eigenvalue weighted by molar-refractivity contribution is 8.04. The molecule has 3 aliphatic rings. The number of thioether (sulfide) groups is 2. The Morgan fingerprint density at radius 2 is 2.07 bits per heavy atom. The highest BCUT2D eigenvalue weighted by Crippen LogP contribution is 2.41. The summed E-state index contributed by atoms with van der Waals surface area (Å²) in [5.74, 6) is -2.11. The van der Waals surface area contributed by atoms with Crippen LogP contribution in [0.15, 0.2) is 59.8 Å². The van der Waals surface area contributed by atoms with E-state index in [0.29, 0.717) is 16.0 Å². The van der Waals surface area contributed by atoms with Gasteiger partial charge in [0.1, 0.15) is 28.9 Å². The van der Waals surface area contributed by atoms with Gasteiger partial charge in [0.15, 0.2) is 16.3 Å². The minimum absolute atomic E-state index is 0.0491. The minimum atomic E-state index is -1.24. The number of β-lactam (4-membered cyclic amide) rings is 1. The highest BCUT2D eigenvalue weighted by atomic mass is 32.2. The van der Waals surface area contributed by atoms with Gasteiger partial charge in [0.25, 0.3) is 11.8 Å². The van der Waals surface area contributed by atoms with Crippen LogP contribution in [0.2, 0.25) is 0 Å². The number of aromatic nitrogens is 1. The second kappa shape index (κ2) is 12.2. The molecule has 5 heterocycles. The van der Waals surface area contributed by atoms with Crippen molar-refractivity contribution in [2.24, 2.45) is 5.16 Å². The number of oxime groups is 1. The first kappa shape index (κ1) is 28.9.